The lowest BCUT2D eigenvalue weighted by atomic mass is 9.83. The van der Waals surface area contributed by atoms with Crippen LogP contribution in [0.15, 0.2) is 91.0 Å². The molecule has 0 radical (unpaired) electrons. The van der Waals surface area contributed by atoms with E-state index in [9.17, 15) is 4.79 Å². The van der Waals surface area contributed by atoms with Crippen molar-refractivity contribution in [3.63, 3.8) is 0 Å². The molecule has 0 aliphatic heterocycles. The van der Waals surface area contributed by atoms with Gasteiger partial charge in [0, 0.05) is 17.4 Å². The number of carbonyl (C=O) groups is 1. The molecule has 0 aromatic heterocycles. The molecule has 0 heterocycles. The van der Waals surface area contributed by atoms with Gasteiger partial charge in [-0.3, -0.25) is 4.79 Å². The molecular weight excluding hydrogens is 316 g/mol. The molecule has 3 aromatic carbocycles. The Hall–Kier alpha value is -2.93. The minimum atomic E-state index is -0.0460. The Bertz CT molecular complexity index is 921. The standard InChI is InChI=1S/C25H22O/c1-18-12-14-20(15-13-18)23-16-22(19-8-4-2-5-9-19)17-24(23)25(26)21-10-6-3-7-11-21/h2-16,23-24H,17H2,1H3/t23-,24+/m1/s1. The average molecular weight is 338 g/mol. The fourth-order valence-electron chi connectivity index (χ4n) is 3.82. The van der Waals surface area contributed by atoms with Crippen LogP contribution in [0.4, 0.5) is 0 Å². The van der Waals surface area contributed by atoms with Gasteiger partial charge in [-0.05, 0) is 30.0 Å². The number of allylic oxidation sites excluding steroid dienone is 2. The maximum absolute atomic E-state index is 13.2. The van der Waals surface area contributed by atoms with Crippen LogP contribution in [0.3, 0.4) is 0 Å². The third-order valence-electron chi connectivity index (χ3n) is 5.26. The molecule has 26 heavy (non-hydrogen) atoms. The first-order valence-corrected chi connectivity index (χ1v) is 9.14. The predicted octanol–water partition coefficient (Wildman–Crippen LogP) is 6.07. The van der Waals surface area contributed by atoms with Crippen LogP contribution in [0.5, 0.6) is 0 Å². The van der Waals surface area contributed by atoms with Crippen molar-refractivity contribution in [2.24, 2.45) is 5.92 Å². The number of hydrogen-bond acceptors (Lipinski definition) is 1. The maximum atomic E-state index is 13.2. The first-order chi connectivity index (χ1) is 12.7. The molecule has 0 saturated carbocycles. The van der Waals surface area contributed by atoms with Crippen LogP contribution < -0.4 is 0 Å². The summed E-state index contributed by atoms with van der Waals surface area (Å²) in [6, 6.07) is 28.7. The molecule has 0 fully saturated rings. The molecule has 2 atom stereocenters. The summed E-state index contributed by atoms with van der Waals surface area (Å²) in [5.74, 6) is 0.312. The Kier molecular flexibility index (Phi) is 4.53. The second kappa shape index (κ2) is 7.13. The van der Waals surface area contributed by atoms with Gasteiger partial charge in [0.15, 0.2) is 5.78 Å². The fraction of sp³-hybridized carbons (Fsp3) is 0.160. The predicted molar refractivity (Wildman–Crippen MR) is 107 cm³/mol. The summed E-state index contributed by atoms with van der Waals surface area (Å²) >= 11 is 0. The Morgan fingerprint density at radius 2 is 1.42 bits per heavy atom. The molecule has 3 aromatic rings. The first-order valence-electron chi connectivity index (χ1n) is 9.14. The lowest BCUT2D eigenvalue weighted by Gasteiger charge is -2.19. The number of ketones is 1. The molecule has 1 nitrogen and oxygen atoms in total. The number of hydrogen-bond donors (Lipinski definition) is 0. The molecule has 1 aliphatic carbocycles. The number of Topliss-reactive ketones (excluding diaryl/α,β-unsaturated/α-hetero) is 1. The maximum Gasteiger partial charge on any atom is 0.167 e. The van der Waals surface area contributed by atoms with Crippen LogP contribution in [-0.4, -0.2) is 5.78 Å². The quantitative estimate of drug-likeness (QED) is 0.528. The van der Waals surface area contributed by atoms with E-state index in [1.807, 2.05) is 36.4 Å². The van der Waals surface area contributed by atoms with Gasteiger partial charge in [-0.15, -0.1) is 0 Å². The SMILES string of the molecule is Cc1ccc([C@H]2C=C(c3ccccc3)C[C@@H]2C(=O)c2ccccc2)cc1. The van der Waals surface area contributed by atoms with Crippen LogP contribution >= 0.6 is 0 Å². The number of rotatable bonds is 4. The van der Waals surface area contributed by atoms with Gasteiger partial charge in [-0.25, -0.2) is 0 Å². The Labute approximate surface area is 155 Å². The number of aryl methyl sites for hydroxylation is 1. The third-order valence-corrected chi connectivity index (χ3v) is 5.26. The van der Waals surface area contributed by atoms with E-state index < -0.39 is 0 Å². The largest absolute Gasteiger partial charge is 0.294 e. The summed E-state index contributed by atoms with van der Waals surface area (Å²) in [6.45, 7) is 2.09. The highest BCUT2D eigenvalue weighted by molar-refractivity contribution is 6.00. The van der Waals surface area contributed by atoms with Gasteiger partial charge in [0.05, 0.1) is 0 Å². The number of benzene rings is 3. The normalized spacial score (nSPS) is 19.2. The van der Waals surface area contributed by atoms with E-state index in [1.54, 1.807) is 0 Å². The Morgan fingerprint density at radius 3 is 2.08 bits per heavy atom. The zero-order chi connectivity index (χ0) is 17.9. The van der Waals surface area contributed by atoms with Gasteiger partial charge in [0.25, 0.3) is 0 Å². The lowest BCUT2D eigenvalue weighted by molar-refractivity contribution is 0.0917. The minimum Gasteiger partial charge on any atom is -0.294 e. The average Bonchev–Trinajstić information content (AvgIpc) is 3.15. The van der Waals surface area contributed by atoms with Crippen LogP contribution in [0.25, 0.3) is 5.57 Å². The van der Waals surface area contributed by atoms with Crippen molar-refractivity contribution in [1.29, 1.82) is 0 Å². The summed E-state index contributed by atoms with van der Waals surface area (Å²) in [4.78, 5) is 13.2. The second-order valence-corrected chi connectivity index (χ2v) is 7.04. The highest BCUT2D eigenvalue weighted by Crippen LogP contribution is 2.43. The Morgan fingerprint density at radius 1 is 0.808 bits per heavy atom. The van der Waals surface area contributed by atoms with Crippen molar-refractivity contribution in [2.75, 3.05) is 0 Å². The molecule has 0 N–H and O–H groups in total. The fourth-order valence-corrected chi connectivity index (χ4v) is 3.82. The van der Waals surface area contributed by atoms with E-state index in [0.717, 1.165) is 12.0 Å². The molecule has 0 bridgehead atoms. The van der Waals surface area contributed by atoms with Gasteiger partial charge in [-0.1, -0.05) is 96.6 Å². The molecular formula is C25H22O. The van der Waals surface area contributed by atoms with E-state index in [0.29, 0.717) is 0 Å². The van der Waals surface area contributed by atoms with Crippen LogP contribution in [-0.2, 0) is 0 Å². The summed E-state index contributed by atoms with van der Waals surface area (Å²) in [6.07, 6.45) is 3.09. The zero-order valence-electron chi connectivity index (χ0n) is 14.9. The number of carbonyl (C=O) groups excluding carboxylic acids is 1. The minimum absolute atomic E-state index is 0.0460. The van der Waals surface area contributed by atoms with Crippen molar-refractivity contribution < 1.29 is 4.79 Å². The molecule has 1 heteroatoms. The molecule has 0 amide bonds. The van der Waals surface area contributed by atoms with Crippen molar-refractivity contribution in [3.8, 4) is 0 Å². The van der Waals surface area contributed by atoms with Gasteiger partial charge in [0.2, 0.25) is 0 Å². The highest BCUT2D eigenvalue weighted by atomic mass is 16.1. The summed E-state index contributed by atoms with van der Waals surface area (Å²) in [5, 5.41) is 0. The summed E-state index contributed by atoms with van der Waals surface area (Å²) in [5.41, 5.74) is 5.75. The molecule has 1 aliphatic rings. The van der Waals surface area contributed by atoms with Gasteiger partial charge >= 0.3 is 0 Å². The summed E-state index contributed by atoms with van der Waals surface area (Å²) in [7, 11) is 0. The third kappa shape index (κ3) is 3.25. The van der Waals surface area contributed by atoms with Gasteiger partial charge in [-0.2, -0.15) is 0 Å². The molecule has 128 valence electrons. The van der Waals surface area contributed by atoms with Crippen molar-refractivity contribution >= 4 is 11.4 Å². The van der Waals surface area contributed by atoms with E-state index in [4.69, 9.17) is 0 Å². The smallest absolute Gasteiger partial charge is 0.167 e. The first kappa shape index (κ1) is 16.5. The van der Waals surface area contributed by atoms with Crippen LogP contribution in [0.1, 0.15) is 39.4 Å². The van der Waals surface area contributed by atoms with E-state index in [2.05, 4.69) is 61.5 Å². The lowest BCUT2D eigenvalue weighted by Crippen LogP contribution is -2.18. The van der Waals surface area contributed by atoms with Crippen molar-refractivity contribution in [2.45, 2.75) is 19.3 Å². The summed E-state index contributed by atoms with van der Waals surface area (Å²) < 4.78 is 0. The zero-order valence-corrected chi connectivity index (χ0v) is 14.9. The second-order valence-electron chi connectivity index (χ2n) is 7.04. The van der Waals surface area contributed by atoms with Gasteiger partial charge < -0.3 is 0 Å². The van der Waals surface area contributed by atoms with Crippen molar-refractivity contribution in [1.82, 2.24) is 0 Å². The van der Waals surface area contributed by atoms with E-state index in [-0.39, 0.29) is 17.6 Å². The molecule has 0 saturated heterocycles. The van der Waals surface area contributed by atoms with Crippen LogP contribution in [0.2, 0.25) is 0 Å². The molecule has 0 spiro atoms. The molecule has 4 rings (SSSR count). The van der Waals surface area contributed by atoms with E-state index >= 15 is 0 Å². The monoisotopic (exact) mass is 338 g/mol. The van der Waals surface area contributed by atoms with E-state index in [1.165, 1.54) is 22.3 Å². The van der Waals surface area contributed by atoms with Crippen LogP contribution in [0, 0.1) is 12.8 Å². The highest BCUT2D eigenvalue weighted by Gasteiger charge is 2.34. The molecule has 0 unspecified atom stereocenters. The van der Waals surface area contributed by atoms with Crippen molar-refractivity contribution in [3.05, 3.63) is 113 Å². The Balaban J connectivity index is 1.72. The topological polar surface area (TPSA) is 17.1 Å². The van der Waals surface area contributed by atoms with Gasteiger partial charge in [0.1, 0.15) is 0 Å².